The Bertz CT molecular complexity index is 650. The van der Waals surface area contributed by atoms with E-state index >= 15 is 0 Å². The highest BCUT2D eigenvalue weighted by Crippen LogP contribution is 2.26. The molecule has 1 aromatic carbocycles. The van der Waals surface area contributed by atoms with Gasteiger partial charge in [-0.3, -0.25) is 19.4 Å². The summed E-state index contributed by atoms with van der Waals surface area (Å²) in [6.45, 7) is 3.44. The number of urea groups is 1. The number of rotatable bonds is 4. The number of hydrogen-bond donors (Lipinski definition) is 1. The Hall–Kier alpha value is -2.37. The molecule has 4 amide bonds. The Morgan fingerprint density at radius 3 is 2.42 bits per heavy atom. The van der Waals surface area contributed by atoms with Crippen molar-refractivity contribution in [2.45, 2.75) is 51.6 Å². The molecule has 1 saturated heterocycles. The largest absolute Gasteiger partial charge is 0.352 e. The van der Waals surface area contributed by atoms with Crippen LogP contribution >= 0.6 is 0 Å². The first kappa shape index (κ1) is 16.5. The van der Waals surface area contributed by atoms with E-state index in [0.717, 1.165) is 36.1 Å². The normalized spacial score (nSPS) is 21.7. The fourth-order valence-corrected chi connectivity index (χ4v) is 3.40. The van der Waals surface area contributed by atoms with E-state index in [1.807, 2.05) is 31.2 Å². The van der Waals surface area contributed by atoms with Crippen LogP contribution in [0.1, 0.15) is 38.2 Å². The van der Waals surface area contributed by atoms with Crippen LogP contribution in [0, 0.1) is 6.92 Å². The lowest BCUT2D eigenvalue weighted by Crippen LogP contribution is -2.44. The van der Waals surface area contributed by atoms with Gasteiger partial charge in [0.25, 0.3) is 5.91 Å². The molecule has 24 heavy (non-hydrogen) atoms. The lowest BCUT2D eigenvalue weighted by molar-refractivity contribution is -0.132. The van der Waals surface area contributed by atoms with Crippen molar-refractivity contribution in [2.24, 2.45) is 0 Å². The minimum atomic E-state index is -0.598. The average Bonchev–Trinajstić information content (AvgIpc) is 3.12. The summed E-state index contributed by atoms with van der Waals surface area (Å²) in [6.07, 6.45) is 4.18. The number of aryl methyl sites for hydroxylation is 1. The highest BCUT2D eigenvalue weighted by atomic mass is 16.2. The molecule has 128 valence electrons. The molecule has 1 atom stereocenters. The molecule has 0 radical (unpaired) electrons. The van der Waals surface area contributed by atoms with Crippen molar-refractivity contribution >= 4 is 23.5 Å². The van der Waals surface area contributed by atoms with Gasteiger partial charge in [0.05, 0.1) is 0 Å². The molecule has 2 aliphatic rings. The second-order valence-corrected chi connectivity index (χ2v) is 6.64. The first-order chi connectivity index (χ1) is 11.5. The number of anilines is 1. The van der Waals surface area contributed by atoms with E-state index in [9.17, 15) is 14.4 Å². The maximum Gasteiger partial charge on any atom is 0.332 e. The van der Waals surface area contributed by atoms with Crippen molar-refractivity contribution in [1.82, 2.24) is 10.2 Å². The van der Waals surface area contributed by atoms with Gasteiger partial charge in [-0.25, -0.2) is 4.79 Å². The maximum atomic E-state index is 12.6. The fourth-order valence-electron chi connectivity index (χ4n) is 3.40. The highest BCUT2D eigenvalue weighted by Gasteiger charge is 2.44. The Morgan fingerprint density at radius 1 is 1.17 bits per heavy atom. The number of imide groups is 1. The predicted octanol–water partition coefficient (Wildman–Crippen LogP) is 2.21. The summed E-state index contributed by atoms with van der Waals surface area (Å²) in [5, 5.41) is 2.92. The van der Waals surface area contributed by atoms with Crippen molar-refractivity contribution in [3.63, 3.8) is 0 Å². The summed E-state index contributed by atoms with van der Waals surface area (Å²) in [7, 11) is 0. The van der Waals surface area contributed by atoms with Crippen molar-refractivity contribution in [2.75, 3.05) is 11.4 Å². The number of carbonyl (C=O) groups is 3. The molecule has 1 aromatic rings. The SMILES string of the molecule is Cc1ccc(N2C(=O)N(CC(=O)NC3CCCC3)C(=O)C2C)cc1. The van der Waals surface area contributed by atoms with Crippen molar-refractivity contribution in [3.8, 4) is 0 Å². The summed E-state index contributed by atoms with van der Waals surface area (Å²) >= 11 is 0. The second-order valence-electron chi connectivity index (χ2n) is 6.64. The zero-order valence-corrected chi connectivity index (χ0v) is 14.1. The average molecular weight is 329 g/mol. The number of nitrogens with one attached hydrogen (secondary N) is 1. The Kier molecular flexibility index (Phi) is 4.55. The van der Waals surface area contributed by atoms with Gasteiger partial charge < -0.3 is 5.32 Å². The Labute approximate surface area is 141 Å². The monoisotopic (exact) mass is 329 g/mol. The van der Waals surface area contributed by atoms with Crippen LogP contribution in [-0.4, -0.2) is 41.4 Å². The van der Waals surface area contributed by atoms with Crippen molar-refractivity contribution in [1.29, 1.82) is 0 Å². The minimum Gasteiger partial charge on any atom is -0.352 e. The quantitative estimate of drug-likeness (QED) is 0.861. The first-order valence-corrected chi connectivity index (χ1v) is 8.48. The van der Waals surface area contributed by atoms with E-state index in [1.54, 1.807) is 6.92 Å². The summed E-state index contributed by atoms with van der Waals surface area (Å²) in [6, 6.07) is 6.58. The van der Waals surface area contributed by atoms with E-state index in [2.05, 4.69) is 5.32 Å². The Balaban J connectivity index is 1.70. The number of amides is 4. The summed E-state index contributed by atoms with van der Waals surface area (Å²) < 4.78 is 0. The smallest absolute Gasteiger partial charge is 0.332 e. The molecule has 1 aliphatic heterocycles. The third-order valence-electron chi connectivity index (χ3n) is 4.78. The maximum absolute atomic E-state index is 12.6. The third kappa shape index (κ3) is 3.13. The molecule has 3 rings (SSSR count). The molecule has 1 saturated carbocycles. The minimum absolute atomic E-state index is 0.177. The number of carbonyl (C=O) groups excluding carboxylic acids is 3. The van der Waals surface area contributed by atoms with Gasteiger partial charge in [0.15, 0.2) is 0 Å². The molecule has 0 aromatic heterocycles. The number of hydrogen-bond acceptors (Lipinski definition) is 3. The molecule has 6 heteroatoms. The molecule has 0 bridgehead atoms. The molecule has 6 nitrogen and oxygen atoms in total. The van der Waals surface area contributed by atoms with Crippen LogP contribution in [-0.2, 0) is 9.59 Å². The molecular formula is C18H23N3O3. The van der Waals surface area contributed by atoms with Crippen molar-refractivity contribution < 1.29 is 14.4 Å². The highest BCUT2D eigenvalue weighted by molar-refractivity contribution is 6.15. The predicted molar refractivity (Wildman–Crippen MR) is 90.6 cm³/mol. The summed E-state index contributed by atoms with van der Waals surface area (Å²) in [5.41, 5.74) is 1.75. The number of nitrogens with zero attached hydrogens (tertiary/aromatic N) is 2. The van der Waals surface area contributed by atoms with Crippen LogP contribution in [0.25, 0.3) is 0 Å². The third-order valence-corrected chi connectivity index (χ3v) is 4.78. The van der Waals surface area contributed by atoms with Crippen LogP contribution < -0.4 is 10.2 Å². The van der Waals surface area contributed by atoms with Crippen LogP contribution in [0.5, 0.6) is 0 Å². The molecule has 2 fully saturated rings. The lowest BCUT2D eigenvalue weighted by Gasteiger charge is -2.20. The van der Waals surface area contributed by atoms with Crippen LogP contribution in [0.2, 0.25) is 0 Å². The van der Waals surface area contributed by atoms with Gasteiger partial charge >= 0.3 is 6.03 Å². The fraction of sp³-hybridized carbons (Fsp3) is 0.500. The molecule has 1 unspecified atom stereocenters. The first-order valence-electron chi connectivity index (χ1n) is 8.48. The van der Waals surface area contributed by atoms with Crippen molar-refractivity contribution in [3.05, 3.63) is 29.8 Å². The van der Waals surface area contributed by atoms with E-state index in [-0.39, 0.29) is 24.4 Å². The van der Waals surface area contributed by atoms with Crippen LogP contribution in [0.4, 0.5) is 10.5 Å². The Morgan fingerprint density at radius 2 is 1.79 bits per heavy atom. The van der Waals surface area contributed by atoms with Gasteiger partial charge in [0.2, 0.25) is 5.91 Å². The van der Waals surface area contributed by atoms with E-state index < -0.39 is 12.1 Å². The van der Waals surface area contributed by atoms with Gasteiger partial charge in [-0.05, 0) is 38.8 Å². The molecular weight excluding hydrogens is 306 g/mol. The van der Waals surface area contributed by atoms with Crippen LogP contribution in [0.15, 0.2) is 24.3 Å². The summed E-state index contributed by atoms with van der Waals surface area (Å²) in [4.78, 5) is 39.7. The zero-order chi connectivity index (χ0) is 17.3. The van der Waals surface area contributed by atoms with Crippen LogP contribution in [0.3, 0.4) is 0 Å². The number of benzene rings is 1. The van der Waals surface area contributed by atoms with Gasteiger partial charge in [-0.1, -0.05) is 30.5 Å². The lowest BCUT2D eigenvalue weighted by atomic mass is 10.2. The molecule has 1 heterocycles. The van der Waals surface area contributed by atoms with Gasteiger partial charge in [-0.15, -0.1) is 0 Å². The summed E-state index contributed by atoms with van der Waals surface area (Å²) in [5.74, 6) is -0.594. The van der Waals surface area contributed by atoms with Gasteiger partial charge in [-0.2, -0.15) is 0 Å². The topological polar surface area (TPSA) is 69.7 Å². The molecule has 0 spiro atoms. The second kappa shape index (κ2) is 6.63. The van der Waals surface area contributed by atoms with E-state index in [0.29, 0.717) is 5.69 Å². The van der Waals surface area contributed by atoms with E-state index in [1.165, 1.54) is 4.90 Å². The van der Waals surface area contributed by atoms with E-state index in [4.69, 9.17) is 0 Å². The zero-order valence-electron chi connectivity index (χ0n) is 14.1. The van der Waals surface area contributed by atoms with Gasteiger partial charge in [0, 0.05) is 11.7 Å². The standard InChI is InChI=1S/C18H23N3O3/c1-12-7-9-15(10-8-12)21-13(2)17(23)20(18(21)24)11-16(22)19-14-5-3-4-6-14/h7-10,13-14H,3-6,11H2,1-2H3,(H,19,22). The van der Waals surface area contributed by atoms with Gasteiger partial charge in [0.1, 0.15) is 12.6 Å². The molecule has 1 N–H and O–H groups in total. The molecule has 1 aliphatic carbocycles.